The summed E-state index contributed by atoms with van der Waals surface area (Å²) in [5, 5.41) is 9.43. The van der Waals surface area contributed by atoms with Crippen molar-refractivity contribution in [2.45, 2.75) is 45.3 Å². The smallest absolute Gasteiger partial charge is 0.307 e. The van der Waals surface area contributed by atoms with Gasteiger partial charge in [-0.05, 0) is 26.7 Å². The van der Waals surface area contributed by atoms with Crippen LogP contribution >= 0.6 is 0 Å². The molecule has 0 bridgehead atoms. The summed E-state index contributed by atoms with van der Waals surface area (Å²) in [6.45, 7) is 4.73. The summed E-state index contributed by atoms with van der Waals surface area (Å²) >= 11 is 0. The third-order valence-corrected chi connectivity index (χ3v) is 2.89. The van der Waals surface area contributed by atoms with Gasteiger partial charge in [0.1, 0.15) is 6.10 Å². The Labute approximate surface area is 113 Å². The lowest BCUT2D eigenvalue weighted by Gasteiger charge is -2.26. The third kappa shape index (κ3) is 5.57. The number of hydrogen-bond acceptors (Lipinski definition) is 5. The summed E-state index contributed by atoms with van der Waals surface area (Å²) in [6.07, 6.45) is 0.651. The molecule has 1 heterocycles. The van der Waals surface area contributed by atoms with E-state index in [1.165, 1.54) is 4.90 Å². The highest BCUT2D eigenvalue weighted by atomic mass is 16.5. The fourth-order valence-electron chi connectivity index (χ4n) is 2.05. The Morgan fingerprint density at radius 2 is 2.26 bits per heavy atom. The van der Waals surface area contributed by atoms with E-state index in [4.69, 9.17) is 9.47 Å². The number of aliphatic hydroxyl groups excluding tert-OH is 1. The first-order valence-electron chi connectivity index (χ1n) is 6.78. The van der Waals surface area contributed by atoms with E-state index >= 15 is 0 Å². The van der Waals surface area contributed by atoms with Gasteiger partial charge in [0.2, 0.25) is 0 Å². The summed E-state index contributed by atoms with van der Waals surface area (Å²) in [6, 6.07) is 0. The minimum Gasteiger partial charge on any atom is -0.466 e. The number of aliphatic hydroxyl groups is 1. The van der Waals surface area contributed by atoms with Gasteiger partial charge >= 0.3 is 5.97 Å². The van der Waals surface area contributed by atoms with Gasteiger partial charge in [0.25, 0.3) is 5.91 Å². The summed E-state index contributed by atoms with van der Waals surface area (Å²) in [7, 11) is 0. The van der Waals surface area contributed by atoms with Crippen molar-refractivity contribution in [1.29, 1.82) is 0 Å². The standard InChI is InChI=1S/C13H23NO5/c1-3-18-12(16)6-7-14(9-10(2)15)13(17)11-5-4-8-19-11/h10-11,15H,3-9H2,1-2H3. The maximum atomic E-state index is 12.2. The lowest BCUT2D eigenvalue weighted by atomic mass is 10.2. The van der Waals surface area contributed by atoms with Crippen molar-refractivity contribution in [2.24, 2.45) is 0 Å². The van der Waals surface area contributed by atoms with E-state index in [-0.39, 0.29) is 31.4 Å². The average molecular weight is 273 g/mol. The number of carbonyl (C=O) groups excluding carboxylic acids is 2. The number of carbonyl (C=O) groups is 2. The van der Waals surface area contributed by atoms with Crippen molar-refractivity contribution in [3.63, 3.8) is 0 Å². The Balaban J connectivity index is 2.50. The molecule has 2 unspecified atom stereocenters. The molecule has 1 rings (SSSR count). The van der Waals surface area contributed by atoms with Crippen molar-refractivity contribution >= 4 is 11.9 Å². The van der Waals surface area contributed by atoms with Crippen molar-refractivity contribution in [1.82, 2.24) is 4.90 Å². The van der Waals surface area contributed by atoms with Crippen molar-refractivity contribution in [2.75, 3.05) is 26.3 Å². The van der Waals surface area contributed by atoms with Crippen molar-refractivity contribution in [3.05, 3.63) is 0 Å². The first-order valence-corrected chi connectivity index (χ1v) is 6.78. The van der Waals surface area contributed by atoms with E-state index in [0.29, 0.717) is 19.6 Å². The summed E-state index contributed by atoms with van der Waals surface area (Å²) < 4.78 is 10.2. The maximum Gasteiger partial charge on any atom is 0.307 e. The molecule has 0 spiro atoms. The normalized spacial score (nSPS) is 20.1. The Kier molecular flexibility index (Phi) is 6.80. The number of nitrogens with zero attached hydrogens (tertiary/aromatic N) is 1. The molecule has 0 aromatic carbocycles. The minimum absolute atomic E-state index is 0.138. The highest BCUT2D eigenvalue weighted by Crippen LogP contribution is 2.15. The quantitative estimate of drug-likeness (QED) is 0.676. The SMILES string of the molecule is CCOC(=O)CCN(CC(C)O)C(=O)C1CCCO1. The van der Waals surface area contributed by atoms with Crippen molar-refractivity contribution < 1.29 is 24.2 Å². The largest absolute Gasteiger partial charge is 0.466 e. The Bertz CT molecular complexity index is 299. The van der Waals surface area contributed by atoms with Gasteiger partial charge in [-0.2, -0.15) is 0 Å². The summed E-state index contributed by atoms with van der Waals surface area (Å²) in [4.78, 5) is 25.0. The summed E-state index contributed by atoms with van der Waals surface area (Å²) in [5.41, 5.74) is 0. The van der Waals surface area contributed by atoms with Gasteiger partial charge in [-0.3, -0.25) is 9.59 Å². The minimum atomic E-state index is -0.632. The van der Waals surface area contributed by atoms with Crippen LogP contribution < -0.4 is 0 Å². The zero-order valence-corrected chi connectivity index (χ0v) is 11.6. The monoisotopic (exact) mass is 273 g/mol. The number of amides is 1. The Hall–Kier alpha value is -1.14. The molecule has 6 nitrogen and oxygen atoms in total. The second kappa shape index (κ2) is 8.12. The van der Waals surface area contributed by atoms with Crippen LogP contribution in [0.25, 0.3) is 0 Å². The van der Waals surface area contributed by atoms with E-state index in [0.717, 1.165) is 6.42 Å². The molecule has 1 N–H and O–H groups in total. The number of rotatable bonds is 7. The molecule has 19 heavy (non-hydrogen) atoms. The molecule has 2 atom stereocenters. The number of hydrogen-bond donors (Lipinski definition) is 1. The molecular weight excluding hydrogens is 250 g/mol. The number of esters is 1. The van der Waals surface area contributed by atoms with Crippen LogP contribution in [0.15, 0.2) is 0 Å². The molecule has 1 aliphatic rings. The molecule has 1 saturated heterocycles. The van der Waals surface area contributed by atoms with Crippen LogP contribution in [0.4, 0.5) is 0 Å². The van der Waals surface area contributed by atoms with E-state index in [2.05, 4.69) is 0 Å². The van der Waals surface area contributed by atoms with Gasteiger partial charge in [-0.1, -0.05) is 0 Å². The second-order valence-electron chi connectivity index (χ2n) is 4.69. The van der Waals surface area contributed by atoms with E-state index < -0.39 is 12.2 Å². The topological polar surface area (TPSA) is 76.1 Å². The molecule has 1 amide bonds. The van der Waals surface area contributed by atoms with E-state index in [1.54, 1.807) is 13.8 Å². The average Bonchev–Trinajstić information content (AvgIpc) is 2.87. The fourth-order valence-corrected chi connectivity index (χ4v) is 2.05. The Morgan fingerprint density at radius 3 is 2.79 bits per heavy atom. The van der Waals surface area contributed by atoms with Gasteiger partial charge in [-0.15, -0.1) is 0 Å². The molecule has 0 radical (unpaired) electrons. The molecule has 0 aromatic heterocycles. The third-order valence-electron chi connectivity index (χ3n) is 2.89. The molecule has 0 aromatic rings. The molecule has 0 aliphatic carbocycles. The highest BCUT2D eigenvalue weighted by Gasteiger charge is 2.29. The first-order chi connectivity index (χ1) is 9.04. The predicted molar refractivity (Wildman–Crippen MR) is 68.5 cm³/mol. The van der Waals surface area contributed by atoms with E-state index in [9.17, 15) is 14.7 Å². The van der Waals surface area contributed by atoms with Crippen LogP contribution in [0, 0.1) is 0 Å². The molecule has 1 aliphatic heterocycles. The fraction of sp³-hybridized carbons (Fsp3) is 0.846. The van der Waals surface area contributed by atoms with Crippen LogP contribution in [-0.2, 0) is 19.1 Å². The second-order valence-corrected chi connectivity index (χ2v) is 4.69. The highest BCUT2D eigenvalue weighted by molar-refractivity contribution is 5.81. The molecule has 0 saturated carbocycles. The van der Waals surface area contributed by atoms with Crippen LogP contribution in [0.2, 0.25) is 0 Å². The van der Waals surface area contributed by atoms with Crippen LogP contribution in [-0.4, -0.2) is 60.4 Å². The molecule has 110 valence electrons. The number of ether oxygens (including phenoxy) is 2. The lowest BCUT2D eigenvalue weighted by molar-refractivity contribution is -0.146. The van der Waals surface area contributed by atoms with Crippen LogP contribution in [0.5, 0.6) is 0 Å². The van der Waals surface area contributed by atoms with Gasteiger partial charge in [-0.25, -0.2) is 0 Å². The van der Waals surface area contributed by atoms with Crippen LogP contribution in [0.1, 0.15) is 33.1 Å². The van der Waals surface area contributed by atoms with Crippen molar-refractivity contribution in [3.8, 4) is 0 Å². The van der Waals surface area contributed by atoms with Crippen LogP contribution in [0.3, 0.4) is 0 Å². The summed E-state index contributed by atoms with van der Waals surface area (Å²) in [5.74, 6) is -0.485. The van der Waals surface area contributed by atoms with Gasteiger partial charge in [0, 0.05) is 19.7 Å². The molecular formula is C13H23NO5. The zero-order chi connectivity index (χ0) is 14.3. The predicted octanol–water partition coefficient (Wildman–Crippen LogP) is 0.328. The zero-order valence-electron chi connectivity index (χ0n) is 11.6. The maximum absolute atomic E-state index is 12.2. The first kappa shape index (κ1) is 15.9. The van der Waals surface area contributed by atoms with Gasteiger partial charge < -0.3 is 19.5 Å². The van der Waals surface area contributed by atoms with E-state index in [1.807, 2.05) is 0 Å². The molecule has 1 fully saturated rings. The van der Waals surface area contributed by atoms with Gasteiger partial charge in [0.05, 0.1) is 19.1 Å². The van der Waals surface area contributed by atoms with Gasteiger partial charge in [0.15, 0.2) is 0 Å². The lowest BCUT2D eigenvalue weighted by Crippen LogP contribution is -2.43. The Morgan fingerprint density at radius 1 is 1.53 bits per heavy atom. The molecule has 6 heteroatoms.